The van der Waals surface area contributed by atoms with Gasteiger partial charge in [0.15, 0.2) is 37.0 Å². The van der Waals surface area contributed by atoms with Crippen LogP contribution < -0.4 is 17.8 Å². The summed E-state index contributed by atoms with van der Waals surface area (Å²) in [4.78, 5) is 15.8. The Morgan fingerprint density at radius 3 is 2.00 bits per heavy atom. The van der Waals surface area contributed by atoms with Crippen LogP contribution >= 0.6 is 0 Å². The van der Waals surface area contributed by atoms with Gasteiger partial charge in [0.25, 0.3) is 0 Å². The van der Waals surface area contributed by atoms with Gasteiger partial charge in [0.2, 0.25) is 6.29 Å². The summed E-state index contributed by atoms with van der Waals surface area (Å²) in [6.07, 6.45) is -6.18. The molecule has 25 heteroatoms. The second kappa shape index (κ2) is 24.6. The Labute approximate surface area is 370 Å². The van der Waals surface area contributed by atoms with Crippen molar-refractivity contribution in [3.05, 3.63) is 93.4 Å². The summed E-state index contributed by atoms with van der Waals surface area (Å²) < 4.78 is 118. The predicted octanol–water partition coefficient (Wildman–Crippen LogP) is 1.56. The third-order valence-corrected chi connectivity index (χ3v) is 11.3. The fraction of sp³-hybridized carbons (Fsp3) is 0.513. The van der Waals surface area contributed by atoms with Gasteiger partial charge in [-0.1, -0.05) is 29.4 Å². The number of benzene rings is 3. The standard InChI is InChI=1S/C39H51N3O19S3/c1-62(48,49)24-27-7-11-32(29(20-27)25-63(2,50)51)57-23-26-5-9-30(10-6-26)60-64(52,53)61-34-21-28(8-12-33(34)58-39-38(47)37(46)36(45)35(22-43)59-39)31(44)4-3-14-54-16-18-56-19-17-55-15-13-41-42-40/h5-12,20-21,35-39,43,45-47H,3-4,13-19,22-25H2,1-2H3/t35-,36+,37+,38-,39?/m0/s1. The summed E-state index contributed by atoms with van der Waals surface area (Å²) in [6.45, 7) is 0.914. The number of aliphatic hydroxyl groups excluding tert-OH is 4. The van der Waals surface area contributed by atoms with Crippen molar-refractivity contribution < 1.29 is 87.3 Å². The molecule has 3 aromatic rings. The number of Topliss-reactive ketones (excluding diaryl/α,β-unsaturated/α-hetero) is 1. The van der Waals surface area contributed by atoms with E-state index in [1.165, 1.54) is 48.5 Å². The van der Waals surface area contributed by atoms with Gasteiger partial charge >= 0.3 is 10.4 Å². The quantitative estimate of drug-likeness (QED) is 0.0264. The van der Waals surface area contributed by atoms with Gasteiger partial charge in [-0.15, -0.1) is 8.42 Å². The van der Waals surface area contributed by atoms with E-state index in [2.05, 4.69) is 10.0 Å². The van der Waals surface area contributed by atoms with Gasteiger partial charge in [-0.3, -0.25) is 4.79 Å². The number of azide groups is 1. The van der Waals surface area contributed by atoms with E-state index < -0.39 is 90.4 Å². The van der Waals surface area contributed by atoms with Gasteiger partial charge in [0, 0.05) is 48.1 Å². The lowest BCUT2D eigenvalue weighted by Gasteiger charge is -2.39. The van der Waals surface area contributed by atoms with Crippen molar-refractivity contribution in [2.75, 3.05) is 65.3 Å². The lowest BCUT2D eigenvalue weighted by atomic mass is 9.99. The summed E-state index contributed by atoms with van der Waals surface area (Å²) in [6, 6.07) is 13.4. The number of ketones is 1. The first-order valence-electron chi connectivity index (χ1n) is 19.5. The molecular weight excluding hydrogens is 911 g/mol. The van der Waals surface area contributed by atoms with Crippen LogP contribution in [0.2, 0.25) is 0 Å². The Kier molecular flexibility index (Phi) is 20.0. The molecule has 0 bridgehead atoms. The number of aliphatic hydroxyl groups is 4. The van der Waals surface area contributed by atoms with Gasteiger partial charge in [-0.2, -0.15) is 0 Å². The molecule has 0 amide bonds. The molecule has 1 fully saturated rings. The van der Waals surface area contributed by atoms with Crippen LogP contribution in [0.3, 0.4) is 0 Å². The highest BCUT2D eigenvalue weighted by Crippen LogP contribution is 2.34. The van der Waals surface area contributed by atoms with E-state index in [9.17, 15) is 50.5 Å². The molecule has 1 aliphatic rings. The topological polar surface area (TPSA) is 323 Å². The molecule has 1 heterocycles. The van der Waals surface area contributed by atoms with Gasteiger partial charge in [0.05, 0.1) is 51.1 Å². The summed E-state index contributed by atoms with van der Waals surface area (Å²) >= 11 is 0. The fourth-order valence-corrected chi connectivity index (χ4v) is 8.22. The van der Waals surface area contributed by atoms with Gasteiger partial charge < -0.3 is 57.2 Å². The summed E-state index contributed by atoms with van der Waals surface area (Å²) in [5, 5.41) is 44.0. The van der Waals surface area contributed by atoms with Crippen LogP contribution in [0.25, 0.3) is 10.4 Å². The molecule has 64 heavy (non-hydrogen) atoms. The molecule has 3 aromatic carbocycles. The number of rotatable bonds is 28. The van der Waals surface area contributed by atoms with Crippen molar-refractivity contribution in [2.24, 2.45) is 5.11 Å². The minimum Gasteiger partial charge on any atom is -0.489 e. The zero-order valence-corrected chi connectivity index (χ0v) is 37.3. The predicted molar refractivity (Wildman–Crippen MR) is 225 cm³/mol. The lowest BCUT2D eigenvalue weighted by molar-refractivity contribution is -0.277. The largest absolute Gasteiger partial charge is 0.501 e. The fourth-order valence-electron chi connectivity index (χ4n) is 5.91. The molecule has 0 saturated carbocycles. The van der Waals surface area contributed by atoms with Crippen LogP contribution in [0.4, 0.5) is 0 Å². The van der Waals surface area contributed by atoms with Gasteiger partial charge in [-0.05, 0) is 59.5 Å². The first-order valence-corrected chi connectivity index (χ1v) is 24.9. The third kappa shape index (κ3) is 17.7. The van der Waals surface area contributed by atoms with E-state index in [1.54, 1.807) is 0 Å². The Bertz CT molecular complexity index is 2380. The molecule has 4 N–H and O–H groups in total. The average Bonchev–Trinajstić information content (AvgIpc) is 3.22. The monoisotopic (exact) mass is 961 g/mol. The second-order valence-corrected chi connectivity index (χ2v) is 19.8. The molecule has 1 saturated heterocycles. The second-order valence-electron chi connectivity index (χ2n) is 14.4. The van der Waals surface area contributed by atoms with Gasteiger partial charge in [-0.25, -0.2) is 16.8 Å². The molecule has 5 atom stereocenters. The highest BCUT2D eigenvalue weighted by atomic mass is 32.3. The molecular formula is C39H51N3O19S3. The molecule has 22 nitrogen and oxygen atoms in total. The van der Waals surface area contributed by atoms with Crippen molar-refractivity contribution in [2.45, 2.75) is 61.7 Å². The summed E-state index contributed by atoms with van der Waals surface area (Å²) in [5.74, 6) is -2.17. The van der Waals surface area contributed by atoms with E-state index in [0.29, 0.717) is 24.3 Å². The number of hydrogen-bond acceptors (Lipinski definition) is 20. The first-order chi connectivity index (χ1) is 30.3. The lowest BCUT2D eigenvalue weighted by Crippen LogP contribution is -2.60. The Hall–Kier alpha value is -4.63. The van der Waals surface area contributed by atoms with Crippen LogP contribution in [0, 0.1) is 0 Å². The number of hydrogen-bond donors (Lipinski definition) is 4. The third-order valence-electron chi connectivity index (χ3n) is 8.87. The molecule has 0 aromatic heterocycles. The number of nitrogens with zero attached hydrogens (tertiary/aromatic N) is 3. The number of ether oxygens (including phenoxy) is 6. The zero-order chi connectivity index (χ0) is 46.9. The highest BCUT2D eigenvalue weighted by Gasteiger charge is 2.45. The first kappa shape index (κ1) is 52.0. The SMILES string of the molecule is CS(=O)(=O)Cc1ccc(OCc2ccc(OS(=O)(=O)Oc3cc(C(=O)CCCOCCOCCOCCN=[N+]=[N-])ccc3OC3O[C@@H](CO)[C@@H](O)[C@@H](O)[C@@H]3O)cc2)c(CS(C)(=O)=O)c1. The Morgan fingerprint density at radius 2 is 1.36 bits per heavy atom. The van der Waals surface area contributed by atoms with Crippen LogP contribution in [0.5, 0.6) is 23.0 Å². The number of carbonyl (C=O) groups excluding carboxylic acids is 1. The normalized spacial score (nSPS) is 19.1. The maximum Gasteiger partial charge on any atom is 0.501 e. The maximum atomic E-state index is 13.3. The molecule has 354 valence electrons. The van der Waals surface area contributed by atoms with E-state index in [-0.39, 0.29) is 80.8 Å². The minimum atomic E-state index is -5.00. The molecule has 1 aliphatic heterocycles. The molecule has 0 radical (unpaired) electrons. The maximum absolute atomic E-state index is 13.3. The summed E-state index contributed by atoms with van der Waals surface area (Å²) in [5.41, 5.74) is 9.36. The van der Waals surface area contributed by atoms with E-state index in [4.69, 9.17) is 42.3 Å². The van der Waals surface area contributed by atoms with Crippen molar-refractivity contribution in [1.29, 1.82) is 0 Å². The van der Waals surface area contributed by atoms with Crippen LogP contribution in [0.1, 0.15) is 39.9 Å². The van der Waals surface area contributed by atoms with E-state index in [1.807, 2.05) is 0 Å². The smallest absolute Gasteiger partial charge is 0.489 e. The molecule has 1 unspecified atom stereocenters. The number of carbonyl (C=O) groups is 1. The zero-order valence-electron chi connectivity index (χ0n) is 34.8. The highest BCUT2D eigenvalue weighted by molar-refractivity contribution is 7.90. The van der Waals surface area contributed by atoms with Crippen LogP contribution in [-0.2, 0) is 67.1 Å². The van der Waals surface area contributed by atoms with Gasteiger partial charge in [0.1, 0.15) is 42.5 Å². The minimum absolute atomic E-state index is 0.00997. The number of sulfone groups is 2. The molecule has 4 rings (SSSR count). The van der Waals surface area contributed by atoms with Crippen molar-refractivity contribution in [3.8, 4) is 23.0 Å². The molecule has 0 aliphatic carbocycles. The average molecular weight is 962 g/mol. The summed E-state index contributed by atoms with van der Waals surface area (Å²) in [7, 11) is -11.9. The van der Waals surface area contributed by atoms with Crippen molar-refractivity contribution >= 4 is 35.9 Å². The van der Waals surface area contributed by atoms with E-state index >= 15 is 0 Å². The van der Waals surface area contributed by atoms with Crippen molar-refractivity contribution in [3.63, 3.8) is 0 Å². The Balaban J connectivity index is 1.41. The van der Waals surface area contributed by atoms with Crippen LogP contribution in [0.15, 0.2) is 65.8 Å². The molecule has 0 spiro atoms. The van der Waals surface area contributed by atoms with Crippen molar-refractivity contribution in [1.82, 2.24) is 0 Å². The van der Waals surface area contributed by atoms with Crippen LogP contribution in [-0.4, -0.2) is 147 Å². The van der Waals surface area contributed by atoms with E-state index in [0.717, 1.165) is 24.6 Å². The Morgan fingerprint density at radius 1 is 0.734 bits per heavy atom.